The monoisotopic (exact) mass is 397 g/mol. The van der Waals surface area contributed by atoms with E-state index in [1.54, 1.807) is 0 Å². The van der Waals surface area contributed by atoms with Crippen LogP contribution in [0.15, 0.2) is 0 Å². The molecule has 1 saturated carbocycles. The highest BCUT2D eigenvalue weighted by atomic mass is 32.2. The Labute approximate surface area is 160 Å². The summed E-state index contributed by atoms with van der Waals surface area (Å²) in [6.45, 7) is 0.365. The first-order chi connectivity index (χ1) is 12.9. The van der Waals surface area contributed by atoms with E-state index >= 15 is 0 Å². The van der Waals surface area contributed by atoms with Gasteiger partial charge < -0.3 is 10.6 Å². The minimum Gasteiger partial charge on any atom is -0.330 e. The van der Waals surface area contributed by atoms with Crippen molar-refractivity contribution in [1.29, 1.82) is 0 Å². The number of nitrogens with two attached hydrogens (primary N) is 1. The molecule has 1 unspecified atom stereocenters. The molecule has 3 fully saturated rings. The minimum atomic E-state index is -0.565. The number of carbonyl (C=O) groups excluding carboxylic acids is 5. The second kappa shape index (κ2) is 8.39. The molecular weight excluding hydrogens is 374 g/mol. The maximum absolute atomic E-state index is 12.3. The van der Waals surface area contributed by atoms with Crippen LogP contribution < -0.4 is 5.73 Å². The van der Waals surface area contributed by atoms with Gasteiger partial charge in [0.2, 0.25) is 11.8 Å². The predicted octanol–water partition coefficient (Wildman–Crippen LogP) is 0.177. The van der Waals surface area contributed by atoms with E-state index in [0.29, 0.717) is 43.2 Å². The van der Waals surface area contributed by atoms with Crippen LogP contribution in [0, 0.1) is 11.8 Å². The van der Waals surface area contributed by atoms with E-state index in [2.05, 4.69) is 0 Å². The number of hydrogen-bond acceptors (Lipinski definition) is 8. The number of nitrogens with zero attached hydrogens (tertiary/aromatic N) is 2. The van der Waals surface area contributed by atoms with E-state index in [1.165, 1.54) is 16.7 Å². The van der Waals surface area contributed by atoms with E-state index in [4.69, 9.17) is 10.6 Å². The van der Waals surface area contributed by atoms with Crippen LogP contribution in [-0.2, 0) is 28.8 Å². The van der Waals surface area contributed by atoms with Gasteiger partial charge in [-0.15, -0.1) is 16.8 Å². The lowest BCUT2D eigenvalue weighted by molar-refractivity contribution is -0.201. The Bertz CT molecular complexity index is 645. The molecule has 148 valence electrons. The number of amides is 4. The summed E-state index contributed by atoms with van der Waals surface area (Å²) in [5.74, 6) is -1.83. The second-order valence-electron chi connectivity index (χ2n) is 7.08. The fraction of sp³-hybridized carbons (Fsp3) is 0.706. The number of likely N-dealkylation sites (tertiary alicyclic amines) is 1. The van der Waals surface area contributed by atoms with Crippen LogP contribution in [0.5, 0.6) is 0 Å². The summed E-state index contributed by atoms with van der Waals surface area (Å²) in [5, 5.41) is 0.190. The van der Waals surface area contributed by atoms with Crippen molar-refractivity contribution in [2.75, 3.05) is 12.4 Å². The van der Waals surface area contributed by atoms with E-state index in [9.17, 15) is 24.0 Å². The maximum Gasteiger partial charge on any atom is 0.336 e. The molecule has 0 aromatic heterocycles. The van der Waals surface area contributed by atoms with Gasteiger partial charge in [-0.1, -0.05) is 0 Å². The van der Waals surface area contributed by atoms with Crippen LogP contribution in [0.3, 0.4) is 0 Å². The van der Waals surface area contributed by atoms with Crippen molar-refractivity contribution in [1.82, 2.24) is 9.96 Å². The Kier molecular flexibility index (Phi) is 6.15. The van der Waals surface area contributed by atoms with Gasteiger partial charge in [0.25, 0.3) is 11.8 Å². The summed E-state index contributed by atoms with van der Waals surface area (Å²) in [7, 11) is 0. The summed E-state index contributed by atoms with van der Waals surface area (Å²) < 4.78 is 0. The van der Waals surface area contributed by atoms with Gasteiger partial charge in [-0.3, -0.25) is 24.1 Å². The molecule has 2 saturated heterocycles. The van der Waals surface area contributed by atoms with Crippen molar-refractivity contribution in [3.63, 3.8) is 0 Å². The highest BCUT2D eigenvalue weighted by Crippen LogP contribution is 2.33. The summed E-state index contributed by atoms with van der Waals surface area (Å²) in [4.78, 5) is 65.9. The van der Waals surface area contributed by atoms with Crippen molar-refractivity contribution >= 4 is 41.4 Å². The van der Waals surface area contributed by atoms with E-state index < -0.39 is 17.8 Å². The summed E-state index contributed by atoms with van der Waals surface area (Å²) in [6, 6.07) is 0. The van der Waals surface area contributed by atoms with Crippen LogP contribution >= 0.6 is 11.8 Å². The molecule has 2 aliphatic heterocycles. The number of carbonyl (C=O) groups is 5. The van der Waals surface area contributed by atoms with Crippen LogP contribution in [-0.4, -0.2) is 57.2 Å². The number of rotatable bonds is 6. The van der Waals surface area contributed by atoms with Crippen molar-refractivity contribution in [2.45, 2.75) is 50.2 Å². The Hall–Kier alpha value is -1.94. The van der Waals surface area contributed by atoms with Crippen LogP contribution in [0.25, 0.3) is 0 Å². The largest absolute Gasteiger partial charge is 0.336 e. The summed E-state index contributed by atoms with van der Waals surface area (Å²) in [5.41, 5.74) is 5.46. The van der Waals surface area contributed by atoms with Crippen molar-refractivity contribution in [3.05, 3.63) is 0 Å². The van der Waals surface area contributed by atoms with Gasteiger partial charge >= 0.3 is 5.97 Å². The smallest absolute Gasteiger partial charge is 0.330 e. The van der Waals surface area contributed by atoms with Gasteiger partial charge in [0, 0.05) is 31.7 Å². The zero-order valence-electron chi connectivity index (χ0n) is 14.9. The van der Waals surface area contributed by atoms with Crippen LogP contribution in [0.2, 0.25) is 0 Å². The van der Waals surface area contributed by atoms with E-state index in [1.807, 2.05) is 0 Å². The van der Waals surface area contributed by atoms with Crippen molar-refractivity contribution < 1.29 is 28.8 Å². The quantitative estimate of drug-likeness (QED) is 0.497. The molecule has 0 aromatic rings. The standard InChI is InChI=1S/C17H23N3O6S/c18-9-27-12-7-15(23)19(16(12)24)8-10-1-3-11(4-2-10)17(25)26-20-13(21)5-6-14(20)22/h10-12H,1-9,18H2. The number of hydroxylamine groups is 2. The molecule has 2 heterocycles. The lowest BCUT2D eigenvalue weighted by Crippen LogP contribution is -2.39. The normalized spacial score (nSPS) is 29.0. The third kappa shape index (κ3) is 4.32. The molecule has 3 aliphatic rings. The number of imide groups is 2. The molecule has 1 atom stereocenters. The Balaban J connectivity index is 1.47. The first-order valence-corrected chi connectivity index (χ1v) is 10.2. The molecule has 27 heavy (non-hydrogen) atoms. The molecule has 0 bridgehead atoms. The summed E-state index contributed by atoms with van der Waals surface area (Å²) >= 11 is 1.28. The van der Waals surface area contributed by atoms with Gasteiger partial charge in [-0.05, 0) is 31.6 Å². The first kappa shape index (κ1) is 19.8. The fourth-order valence-corrected chi connectivity index (χ4v) is 4.51. The molecule has 9 nitrogen and oxygen atoms in total. The number of hydrogen-bond donors (Lipinski definition) is 1. The Morgan fingerprint density at radius 2 is 1.67 bits per heavy atom. The van der Waals surface area contributed by atoms with Gasteiger partial charge in [0.1, 0.15) is 0 Å². The highest BCUT2D eigenvalue weighted by molar-refractivity contribution is 8.00. The molecule has 3 rings (SSSR count). The highest BCUT2D eigenvalue weighted by Gasteiger charge is 2.41. The molecule has 0 spiro atoms. The molecule has 2 N–H and O–H groups in total. The lowest BCUT2D eigenvalue weighted by Gasteiger charge is -2.30. The molecule has 0 radical (unpaired) electrons. The van der Waals surface area contributed by atoms with Gasteiger partial charge in [-0.2, -0.15) is 0 Å². The van der Waals surface area contributed by atoms with E-state index in [0.717, 1.165) is 0 Å². The molecule has 4 amide bonds. The zero-order valence-corrected chi connectivity index (χ0v) is 15.7. The molecule has 0 aromatic carbocycles. The Morgan fingerprint density at radius 1 is 1.04 bits per heavy atom. The van der Waals surface area contributed by atoms with Crippen molar-refractivity contribution in [2.24, 2.45) is 17.6 Å². The Morgan fingerprint density at radius 3 is 2.26 bits per heavy atom. The minimum absolute atomic E-state index is 0.0696. The van der Waals surface area contributed by atoms with Gasteiger partial charge in [0.15, 0.2) is 0 Å². The average molecular weight is 397 g/mol. The SMILES string of the molecule is NCSC1CC(=O)N(CC2CCC(C(=O)ON3C(=O)CCC3=O)CC2)C1=O. The third-order valence-corrected chi connectivity index (χ3v) is 6.27. The first-order valence-electron chi connectivity index (χ1n) is 9.14. The predicted molar refractivity (Wildman–Crippen MR) is 94.4 cm³/mol. The lowest BCUT2D eigenvalue weighted by atomic mass is 9.82. The molecular formula is C17H23N3O6S. The van der Waals surface area contributed by atoms with Crippen molar-refractivity contribution in [3.8, 4) is 0 Å². The van der Waals surface area contributed by atoms with E-state index in [-0.39, 0.29) is 48.2 Å². The topological polar surface area (TPSA) is 127 Å². The number of thioether (sulfide) groups is 1. The van der Waals surface area contributed by atoms with Crippen LogP contribution in [0.4, 0.5) is 0 Å². The molecule has 10 heteroatoms. The van der Waals surface area contributed by atoms with Gasteiger partial charge in [0.05, 0.1) is 11.2 Å². The van der Waals surface area contributed by atoms with Crippen LogP contribution in [0.1, 0.15) is 44.9 Å². The average Bonchev–Trinajstić information content (AvgIpc) is 3.10. The molecule has 1 aliphatic carbocycles. The maximum atomic E-state index is 12.3. The fourth-order valence-electron chi connectivity index (χ4n) is 3.75. The third-order valence-electron chi connectivity index (χ3n) is 5.31. The summed E-state index contributed by atoms with van der Waals surface area (Å²) in [6.07, 6.45) is 2.76. The van der Waals surface area contributed by atoms with Gasteiger partial charge in [-0.25, -0.2) is 4.79 Å². The second-order valence-corrected chi connectivity index (χ2v) is 8.31. The zero-order chi connectivity index (χ0) is 19.6.